The third-order valence-electron chi connectivity index (χ3n) is 3.13. The van der Waals surface area contributed by atoms with Crippen molar-refractivity contribution in [3.05, 3.63) is 24.5 Å². The lowest BCUT2D eigenvalue weighted by Gasteiger charge is -2.28. The number of anilines is 1. The van der Waals surface area contributed by atoms with Gasteiger partial charge in [0.05, 0.1) is 25.8 Å². The molecule has 0 amide bonds. The molecule has 0 saturated carbocycles. The van der Waals surface area contributed by atoms with Crippen molar-refractivity contribution in [3.63, 3.8) is 0 Å². The number of hydrogen-bond acceptors (Lipinski definition) is 5. The van der Waals surface area contributed by atoms with E-state index in [1.807, 2.05) is 18.2 Å². The van der Waals surface area contributed by atoms with Gasteiger partial charge in [-0.3, -0.25) is 0 Å². The molecule has 1 fully saturated rings. The van der Waals surface area contributed by atoms with Gasteiger partial charge in [0.1, 0.15) is 17.9 Å². The van der Waals surface area contributed by atoms with E-state index in [1.54, 1.807) is 13.4 Å². The zero-order valence-corrected chi connectivity index (χ0v) is 10.3. The summed E-state index contributed by atoms with van der Waals surface area (Å²) in [6, 6.07) is 5.88. The second kappa shape index (κ2) is 4.78. The van der Waals surface area contributed by atoms with Crippen LogP contribution in [-0.2, 0) is 4.74 Å². The fraction of sp³-hybridized carbons (Fsp3) is 0.385. The van der Waals surface area contributed by atoms with E-state index in [1.165, 1.54) is 0 Å². The summed E-state index contributed by atoms with van der Waals surface area (Å²) in [6.45, 7) is 3.25. The largest absolute Gasteiger partial charge is 0.497 e. The molecular weight excluding hydrogens is 230 g/mol. The summed E-state index contributed by atoms with van der Waals surface area (Å²) in [6.07, 6.45) is 1.60. The summed E-state index contributed by atoms with van der Waals surface area (Å²) in [5.41, 5.74) is 0.908. The Balaban J connectivity index is 2.05. The van der Waals surface area contributed by atoms with Crippen LogP contribution in [0.5, 0.6) is 5.75 Å². The molecule has 1 aliphatic heterocycles. The average molecular weight is 245 g/mol. The van der Waals surface area contributed by atoms with Gasteiger partial charge < -0.3 is 14.4 Å². The van der Waals surface area contributed by atoms with Crippen LogP contribution >= 0.6 is 0 Å². The van der Waals surface area contributed by atoms with Gasteiger partial charge in [-0.15, -0.1) is 0 Å². The van der Waals surface area contributed by atoms with Crippen LogP contribution in [0.4, 0.5) is 5.82 Å². The lowest BCUT2D eigenvalue weighted by molar-refractivity contribution is 0.122. The van der Waals surface area contributed by atoms with E-state index >= 15 is 0 Å². The summed E-state index contributed by atoms with van der Waals surface area (Å²) in [5.74, 6) is 1.79. The first kappa shape index (κ1) is 11.2. The molecule has 0 aliphatic carbocycles. The summed E-state index contributed by atoms with van der Waals surface area (Å²) < 4.78 is 10.6. The molecule has 3 rings (SSSR count). The molecule has 18 heavy (non-hydrogen) atoms. The number of aromatic nitrogens is 2. The first-order valence-corrected chi connectivity index (χ1v) is 6.00. The van der Waals surface area contributed by atoms with E-state index < -0.39 is 0 Å². The molecule has 1 aromatic carbocycles. The quantitative estimate of drug-likeness (QED) is 0.802. The molecule has 1 aromatic heterocycles. The molecule has 0 unspecified atom stereocenters. The van der Waals surface area contributed by atoms with Crippen molar-refractivity contribution >= 4 is 16.7 Å². The molecule has 2 heterocycles. The monoisotopic (exact) mass is 245 g/mol. The van der Waals surface area contributed by atoms with E-state index in [0.29, 0.717) is 0 Å². The zero-order chi connectivity index (χ0) is 12.4. The maximum Gasteiger partial charge on any atom is 0.140 e. The molecule has 5 nitrogen and oxygen atoms in total. The van der Waals surface area contributed by atoms with Crippen molar-refractivity contribution in [2.45, 2.75) is 0 Å². The van der Waals surface area contributed by atoms with Gasteiger partial charge in [-0.2, -0.15) is 0 Å². The molecule has 1 aliphatic rings. The van der Waals surface area contributed by atoms with Crippen molar-refractivity contribution in [3.8, 4) is 5.75 Å². The normalized spacial score (nSPS) is 15.9. The molecule has 0 N–H and O–H groups in total. The number of hydrogen-bond donors (Lipinski definition) is 0. The molecular formula is C13H15N3O2. The highest BCUT2D eigenvalue weighted by atomic mass is 16.5. The lowest BCUT2D eigenvalue weighted by Crippen LogP contribution is -2.36. The van der Waals surface area contributed by atoms with Crippen LogP contribution in [-0.4, -0.2) is 43.4 Å². The van der Waals surface area contributed by atoms with E-state index in [4.69, 9.17) is 9.47 Å². The maximum atomic E-state index is 5.36. The number of fused-ring (bicyclic) bond motifs is 1. The van der Waals surface area contributed by atoms with Crippen LogP contribution in [0.3, 0.4) is 0 Å². The number of nitrogens with zero attached hydrogens (tertiary/aromatic N) is 3. The Kier molecular flexibility index (Phi) is 2.98. The summed E-state index contributed by atoms with van der Waals surface area (Å²) in [4.78, 5) is 10.9. The van der Waals surface area contributed by atoms with Crippen LogP contribution in [0, 0.1) is 0 Å². The van der Waals surface area contributed by atoms with Crippen LogP contribution in [0.1, 0.15) is 0 Å². The van der Waals surface area contributed by atoms with Crippen LogP contribution in [0.2, 0.25) is 0 Å². The summed E-state index contributed by atoms with van der Waals surface area (Å²) >= 11 is 0. The second-order valence-electron chi connectivity index (χ2n) is 4.18. The maximum absolute atomic E-state index is 5.36. The minimum atomic E-state index is 0.752. The average Bonchev–Trinajstić information content (AvgIpc) is 2.47. The molecule has 2 aromatic rings. The molecule has 0 bridgehead atoms. The second-order valence-corrected chi connectivity index (χ2v) is 4.18. The van der Waals surface area contributed by atoms with Gasteiger partial charge in [0, 0.05) is 24.5 Å². The Hall–Kier alpha value is -1.88. The minimum absolute atomic E-state index is 0.752. The van der Waals surface area contributed by atoms with Gasteiger partial charge in [0.2, 0.25) is 0 Å². The number of methoxy groups -OCH3 is 1. The van der Waals surface area contributed by atoms with Crippen molar-refractivity contribution in [2.75, 3.05) is 38.3 Å². The van der Waals surface area contributed by atoms with Gasteiger partial charge in [-0.05, 0) is 12.1 Å². The first-order chi connectivity index (χ1) is 8.88. The highest BCUT2D eigenvalue weighted by molar-refractivity contribution is 5.90. The predicted molar refractivity (Wildman–Crippen MR) is 69.1 cm³/mol. The third-order valence-corrected chi connectivity index (χ3v) is 3.13. The summed E-state index contributed by atoms with van der Waals surface area (Å²) in [7, 11) is 1.66. The minimum Gasteiger partial charge on any atom is -0.497 e. The third kappa shape index (κ3) is 1.97. The van der Waals surface area contributed by atoms with Crippen molar-refractivity contribution < 1.29 is 9.47 Å². The standard InChI is InChI=1S/C13H15N3O2/c1-17-10-2-3-11-12(8-10)14-9-15-13(11)16-4-6-18-7-5-16/h2-3,8-9H,4-7H2,1H3. The number of benzene rings is 1. The lowest BCUT2D eigenvalue weighted by atomic mass is 10.2. The van der Waals surface area contributed by atoms with Gasteiger partial charge >= 0.3 is 0 Å². The molecule has 1 saturated heterocycles. The van der Waals surface area contributed by atoms with Crippen molar-refractivity contribution in [1.82, 2.24) is 9.97 Å². The van der Waals surface area contributed by atoms with E-state index in [9.17, 15) is 0 Å². The van der Waals surface area contributed by atoms with Crippen molar-refractivity contribution in [2.24, 2.45) is 0 Å². The zero-order valence-electron chi connectivity index (χ0n) is 10.3. The first-order valence-electron chi connectivity index (χ1n) is 6.00. The van der Waals surface area contributed by atoms with Crippen molar-refractivity contribution in [1.29, 1.82) is 0 Å². The van der Waals surface area contributed by atoms with Gasteiger partial charge in [-0.1, -0.05) is 0 Å². The molecule has 5 heteroatoms. The van der Waals surface area contributed by atoms with Crippen LogP contribution < -0.4 is 9.64 Å². The molecule has 0 spiro atoms. The molecule has 0 radical (unpaired) electrons. The van der Waals surface area contributed by atoms with Crippen LogP contribution in [0.15, 0.2) is 24.5 Å². The highest BCUT2D eigenvalue weighted by Gasteiger charge is 2.15. The fourth-order valence-corrected chi connectivity index (χ4v) is 2.18. The number of rotatable bonds is 2. The van der Waals surface area contributed by atoms with E-state index in [0.717, 1.165) is 48.8 Å². The number of morpholine rings is 1. The van der Waals surface area contributed by atoms with Crippen LogP contribution in [0.25, 0.3) is 10.9 Å². The highest BCUT2D eigenvalue weighted by Crippen LogP contribution is 2.26. The smallest absolute Gasteiger partial charge is 0.140 e. The van der Waals surface area contributed by atoms with Gasteiger partial charge in [-0.25, -0.2) is 9.97 Å². The Labute approximate surface area is 105 Å². The SMILES string of the molecule is COc1ccc2c(N3CCOCC3)ncnc2c1. The predicted octanol–water partition coefficient (Wildman–Crippen LogP) is 1.48. The summed E-state index contributed by atoms with van der Waals surface area (Å²) in [5, 5.41) is 1.06. The Morgan fingerprint density at radius 2 is 2.06 bits per heavy atom. The van der Waals surface area contributed by atoms with E-state index in [-0.39, 0.29) is 0 Å². The Morgan fingerprint density at radius 3 is 2.83 bits per heavy atom. The molecule has 0 atom stereocenters. The molecule has 94 valence electrons. The van der Waals surface area contributed by atoms with Gasteiger partial charge in [0.25, 0.3) is 0 Å². The number of ether oxygens (including phenoxy) is 2. The van der Waals surface area contributed by atoms with Gasteiger partial charge in [0.15, 0.2) is 0 Å². The Morgan fingerprint density at radius 1 is 1.22 bits per heavy atom. The van der Waals surface area contributed by atoms with E-state index in [2.05, 4.69) is 14.9 Å². The Bertz CT molecular complexity index is 553. The topological polar surface area (TPSA) is 47.5 Å². The fourth-order valence-electron chi connectivity index (χ4n) is 2.18.